The smallest absolute Gasteiger partial charge is 0.245 e. The van der Waals surface area contributed by atoms with E-state index in [0.717, 1.165) is 24.2 Å². The topological polar surface area (TPSA) is 114 Å². The number of sulfone groups is 1. The normalized spacial score (nSPS) is 15.3. The number of nitrogens with one attached hydrogen (secondary N) is 2. The molecule has 2 N–H and O–H groups in total. The largest absolute Gasteiger partial charge is 0.384 e. The number of aromatic nitrogens is 1. The fourth-order valence-corrected chi connectivity index (χ4v) is 6.02. The van der Waals surface area contributed by atoms with Gasteiger partial charge in [-0.3, -0.25) is 9.59 Å². The lowest BCUT2D eigenvalue weighted by Crippen LogP contribution is -2.41. The molecule has 29 heavy (non-hydrogen) atoms. The van der Waals surface area contributed by atoms with Crippen molar-refractivity contribution in [3.8, 4) is 0 Å². The minimum absolute atomic E-state index is 0.00806. The van der Waals surface area contributed by atoms with Gasteiger partial charge in [0.2, 0.25) is 11.8 Å². The van der Waals surface area contributed by atoms with Crippen molar-refractivity contribution in [2.45, 2.75) is 24.1 Å². The van der Waals surface area contributed by atoms with E-state index in [2.05, 4.69) is 31.5 Å². The highest BCUT2D eigenvalue weighted by atomic mass is 79.9. The van der Waals surface area contributed by atoms with Crippen molar-refractivity contribution in [2.24, 2.45) is 0 Å². The molecule has 0 radical (unpaired) electrons. The van der Waals surface area contributed by atoms with E-state index in [1.165, 1.54) is 19.2 Å². The summed E-state index contributed by atoms with van der Waals surface area (Å²) in [5.41, 5.74) is 0.247. The standard InChI is InChI=1S/C17H19BrFN3O5S2/c1-27-4-5-29(25,26)15(16(24)20-8-14(23)21-9-2-3-9)17-22-12-7-11(19)10(18)6-13(12)28-17/h6-7,9,15H,2-5,8H2,1H3,(H,20,24)(H,21,23). The first-order valence-corrected chi connectivity index (χ1v) is 12.1. The number of thiazole rings is 1. The zero-order chi connectivity index (χ0) is 21.2. The Kier molecular flexibility index (Phi) is 6.87. The Bertz CT molecular complexity index is 1000. The number of nitrogens with zero attached hydrogens (tertiary/aromatic N) is 1. The van der Waals surface area contributed by atoms with Crippen molar-refractivity contribution >= 4 is 59.1 Å². The Labute approximate surface area is 179 Å². The molecule has 0 saturated heterocycles. The predicted octanol–water partition coefficient (Wildman–Crippen LogP) is 1.69. The minimum atomic E-state index is -3.99. The number of hydrogen-bond acceptors (Lipinski definition) is 7. The van der Waals surface area contributed by atoms with E-state index >= 15 is 0 Å². The van der Waals surface area contributed by atoms with Crippen LogP contribution in [-0.4, -0.2) is 57.3 Å². The molecule has 158 valence electrons. The van der Waals surface area contributed by atoms with E-state index in [9.17, 15) is 22.4 Å². The lowest BCUT2D eigenvalue weighted by molar-refractivity contribution is -0.126. The summed E-state index contributed by atoms with van der Waals surface area (Å²) in [6.07, 6.45) is 1.79. The molecule has 1 aromatic heterocycles. The zero-order valence-electron chi connectivity index (χ0n) is 15.4. The van der Waals surface area contributed by atoms with E-state index < -0.39 is 32.6 Å². The first-order valence-electron chi connectivity index (χ1n) is 8.74. The number of benzene rings is 1. The third kappa shape index (κ3) is 5.50. The van der Waals surface area contributed by atoms with Crippen LogP contribution < -0.4 is 10.6 Å². The summed E-state index contributed by atoms with van der Waals surface area (Å²) in [5, 5.41) is 3.48. The molecule has 1 fully saturated rings. The molecule has 0 spiro atoms. The molecule has 8 nitrogen and oxygen atoms in total. The van der Waals surface area contributed by atoms with Crippen LogP contribution in [0, 0.1) is 5.82 Å². The van der Waals surface area contributed by atoms with Crippen LogP contribution in [0.1, 0.15) is 23.1 Å². The second-order valence-electron chi connectivity index (χ2n) is 6.59. The quantitative estimate of drug-likeness (QED) is 0.533. The van der Waals surface area contributed by atoms with Crippen LogP contribution in [0.5, 0.6) is 0 Å². The Morgan fingerprint density at radius 1 is 1.41 bits per heavy atom. The lowest BCUT2D eigenvalue weighted by atomic mass is 10.3. The van der Waals surface area contributed by atoms with Gasteiger partial charge in [-0.25, -0.2) is 17.8 Å². The number of amides is 2. The summed E-state index contributed by atoms with van der Waals surface area (Å²) in [6, 6.07) is 2.77. The molecule has 1 aliphatic rings. The summed E-state index contributed by atoms with van der Waals surface area (Å²) in [6.45, 7) is -0.434. The average Bonchev–Trinajstić information content (AvgIpc) is 3.38. The molecule has 0 aliphatic heterocycles. The first-order chi connectivity index (χ1) is 13.7. The molecule has 1 heterocycles. The fourth-order valence-electron chi connectivity index (χ4n) is 2.57. The highest BCUT2D eigenvalue weighted by Crippen LogP contribution is 2.34. The van der Waals surface area contributed by atoms with Gasteiger partial charge in [-0.2, -0.15) is 0 Å². The van der Waals surface area contributed by atoms with Gasteiger partial charge in [0.1, 0.15) is 10.8 Å². The average molecular weight is 508 g/mol. The maximum absolute atomic E-state index is 13.8. The molecular weight excluding hydrogens is 489 g/mol. The van der Waals surface area contributed by atoms with E-state index in [1.807, 2.05) is 0 Å². The molecule has 0 bridgehead atoms. The van der Waals surface area contributed by atoms with Gasteiger partial charge in [0, 0.05) is 19.2 Å². The summed E-state index contributed by atoms with van der Waals surface area (Å²) in [5.74, 6) is -2.19. The number of hydrogen-bond donors (Lipinski definition) is 2. The number of ether oxygens (including phenoxy) is 1. The third-order valence-electron chi connectivity index (χ3n) is 4.21. The number of fused-ring (bicyclic) bond motifs is 1. The SMILES string of the molecule is COCCS(=O)(=O)C(C(=O)NCC(=O)NC1CC1)c1nc2cc(F)c(Br)cc2s1. The Hall–Kier alpha value is -1.63. The molecule has 1 aliphatic carbocycles. The highest BCUT2D eigenvalue weighted by molar-refractivity contribution is 9.10. The van der Waals surface area contributed by atoms with E-state index in [1.54, 1.807) is 0 Å². The van der Waals surface area contributed by atoms with Crippen LogP contribution >= 0.6 is 27.3 Å². The minimum Gasteiger partial charge on any atom is -0.384 e. The molecule has 1 unspecified atom stereocenters. The maximum atomic E-state index is 13.8. The monoisotopic (exact) mass is 507 g/mol. The predicted molar refractivity (Wildman–Crippen MR) is 110 cm³/mol. The van der Waals surface area contributed by atoms with Crippen molar-refractivity contribution in [3.05, 3.63) is 27.4 Å². The van der Waals surface area contributed by atoms with Gasteiger partial charge < -0.3 is 15.4 Å². The summed E-state index contributed by atoms with van der Waals surface area (Å²) < 4.78 is 45.0. The van der Waals surface area contributed by atoms with Gasteiger partial charge in [0.15, 0.2) is 15.1 Å². The second kappa shape index (κ2) is 9.02. The van der Waals surface area contributed by atoms with Gasteiger partial charge >= 0.3 is 0 Å². The Morgan fingerprint density at radius 2 is 2.14 bits per heavy atom. The van der Waals surface area contributed by atoms with E-state index in [4.69, 9.17) is 4.74 Å². The van der Waals surface area contributed by atoms with Crippen molar-refractivity contribution in [3.63, 3.8) is 0 Å². The van der Waals surface area contributed by atoms with Crippen molar-refractivity contribution < 1.29 is 27.1 Å². The fraction of sp³-hybridized carbons (Fsp3) is 0.471. The first kappa shape index (κ1) is 22.1. The second-order valence-corrected chi connectivity index (χ2v) is 10.7. The molecule has 12 heteroatoms. The molecule has 2 amide bonds. The Morgan fingerprint density at radius 3 is 2.79 bits per heavy atom. The van der Waals surface area contributed by atoms with Gasteiger partial charge in [0.25, 0.3) is 0 Å². The number of methoxy groups -OCH3 is 1. The van der Waals surface area contributed by atoms with Crippen molar-refractivity contribution in [2.75, 3.05) is 26.0 Å². The molecular formula is C17H19BrFN3O5S2. The number of halogens is 2. The van der Waals surface area contributed by atoms with Gasteiger partial charge in [-0.05, 0) is 34.8 Å². The summed E-state index contributed by atoms with van der Waals surface area (Å²) >= 11 is 4.06. The molecule has 2 aromatic rings. The zero-order valence-corrected chi connectivity index (χ0v) is 18.6. The van der Waals surface area contributed by atoms with Crippen LogP contribution in [0.3, 0.4) is 0 Å². The van der Waals surface area contributed by atoms with Crippen molar-refractivity contribution in [1.82, 2.24) is 15.6 Å². The van der Waals surface area contributed by atoms with Gasteiger partial charge in [-0.1, -0.05) is 0 Å². The third-order valence-corrected chi connectivity index (χ3v) is 7.94. The van der Waals surface area contributed by atoms with Crippen molar-refractivity contribution in [1.29, 1.82) is 0 Å². The number of carbonyl (C=O) groups is 2. The van der Waals surface area contributed by atoms with Crippen LogP contribution in [0.15, 0.2) is 16.6 Å². The van der Waals surface area contributed by atoms with Crippen LogP contribution in [0.25, 0.3) is 10.2 Å². The maximum Gasteiger partial charge on any atom is 0.245 e. The van der Waals surface area contributed by atoms with Crippen LogP contribution in [-0.2, 0) is 24.2 Å². The summed E-state index contributed by atoms with van der Waals surface area (Å²) in [4.78, 5) is 28.8. The molecule has 1 aromatic carbocycles. The highest BCUT2D eigenvalue weighted by Gasteiger charge is 2.37. The Balaban J connectivity index is 1.87. The lowest BCUT2D eigenvalue weighted by Gasteiger charge is -2.15. The number of rotatable bonds is 9. The van der Waals surface area contributed by atoms with Gasteiger partial charge in [0.05, 0.1) is 33.6 Å². The molecule has 1 atom stereocenters. The van der Waals surface area contributed by atoms with Gasteiger partial charge in [-0.15, -0.1) is 11.3 Å². The van der Waals surface area contributed by atoms with Crippen LogP contribution in [0.2, 0.25) is 0 Å². The van der Waals surface area contributed by atoms with E-state index in [0.29, 0.717) is 4.70 Å². The molecule has 3 rings (SSSR count). The molecule has 1 saturated carbocycles. The van der Waals surface area contributed by atoms with Crippen LogP contribution in [0.4, 0.5) is 4.39 Å². The van der Waals surface area contributed by atoms with E-state index in [-0.39, 0.29) is 40.1 Å². The summed E-state index contributed by atoms with van der Waals surface area (Å²) in [7, 11) is -2.64. The number of carbonyl (C=O) groups excluding carboxylic acids is 2.